The van der Waals surface area contributed by atoms with E-state index in [-0.39, 0.29) is 41.1 Å². The van der Waals surface area contributed by atoms with Gasteiger partial charge < -0.3 is 20.0 Å². The molecule has 0 aromatic heterocycles. The van der Waals surface area contributed by atoms with Gasteiger partial charge in [-0.2, -0.15) is 36.4 Å². The molecule has 1 radical (unpaired) electrons. The molecule has 0 saturated heterocycles. The van der Waals surface area contributed by atoms with Crippen molar-refractivity contribution >= 4 is 0 Å². The van der Waals surface area contributed by atoms with E-state index in [1.165, 1.54) is 0 Å². The molecule has 0 bridgehead atoms. The summed E-state index contributed by atoms with van der Waals surface area (Å²) in [7, 11) is 0. The Morgan fingerprint density at radius 3 is 1.48 bits per heavy atom. The van der Waals surface area contributed by atoms with Crippen LogP contribution in [0.25, 0.3) is 0 Å². The third-order valence-corrected chi connectivity index (χ3v) is 4.91. The average Bonchev–Trinajstić information content (AvgIpc) is 2.60. The molecule has 5 atom stereocenters. The Labute approximate surface area is 152 Å². The number of rotatable bonds is 2. The molecule has 1 fully saturated rings. The summed E-state index contributed by atoms with van der Waals surface area (Å²) in [6, 6.07) is 12.5. The standard InChI is InChI=1S/C11H22O.C6H5.2CH3.Zr/c1-7-8(2)10(4)11(5-6-12)9(7)3;1-2-4-6-5-3-1;;;/h7-12H,5-6H2,1-4H3;1-5H;2*1H3;/q;3*-1;+3/t7?,8?,9-,10?,11?;;;;/m0..../s1. The van der Waals surface area contributed by atoms with Crippen molar-refractivity contribution in [1.29, 1.82) is 0 Å². The van der Waals surface area contributed by atoms with Gasteiger partial charge >= 0.3 is 26.2 Å². The van der Waals surface area contributed by atoms with Crippen LogP contribution >= 0.6 is 0 Å². The Balaban J connectivity index is -0.000000312. The molecule has 119 valence electrons. The van der Waals surface area contributed by atoms with Gasteiger partial charge in [-0.1, -0.05) is 27.7 Å². The van der Waals surface area contributed by atoms with Gasteiger partial charge in [0.1, 0.15) is 0 Å². The van der Waals surface area contributed by atoms with Crippen LogP contribution in [0.3, 0.4) is 0 Å². The van der Waals surface area contributed by atoms with Crippen LogP contribution in [0, 0.1) is 50.5 Å². The summed E-state index contributed by atoms with van der Waals surface area (Å²) >= 11 is 0. The van der Waals surface area contributed by atoms with Crippen molar-refractivity contribution < 1.29 is 31.3 Å². The zero-order valence-corrected chi connectivity index (χ0v) is 17.1. The van der Waals surface area contributed by atoms with Gasteiger partial charge in [-0.05, 0) is 36.0 Å². The Morgan fingerprint density at radius 2 is 1.24 bits per heavy atom. The van der Waals surface area contributed by atoms with E-state index in [0.717, 1.165) is 36.0 Å². The minimum atomic E-state index is 0. The van der Waals surface area contributed by atoms with Crippen LogP contribution in [0.4, 0.5) is 0 Å². The number of aliphatic hydroxyl groups is 1. The minimum Gasteiger partial charge on any atom is -0.396 e. The van der Waals surface area contributed by atoms with E-state index >= 15 is 0 Å². The summed E-state index contributed by atoms with van der Waals surface area (Å²) in [4.78, 5) is 0. The molecule has 1 aromatic rings. The molecule has 2 rings (SSSR count). The van der Waals surface area contributed by atoms with Gasteiger partial charge in [-0.15, -0.1) is 0 Å². The summed E-state index contributed by atoms with van der Waals surface area (Å²) < 4.78 is 0. The van der Waals surface area contributed by atoms with E-state index < -0.39 is 0 Å². The van der Waals surface area contributed by atoms with Crippen molar-refractivity contribution in [2.24, 2.45) is 29.6 Å². The van der Waals surface area contributed by atoms with E-state index in [9.17, 15) is 0 Å². The molecule has 0 amide bonds. The van der Waals surface area contributed by atoms with Crippen molar-refractivity contribution in [3.8, 4) is 0 Å². The second-order valence-corrected chi connectivity index (χ2v) is 5.69. The van der Waals surface area contributed by atoms with Crippen molar-refractivity contribution in [2.75, 3.05) is 6.61 Å². The van der Waals surface area contributed by atoms with Gasteiger partial charge in [0.05, 0.1) is 0 Å². The Hall–Kier alpha value is 0.0631. The molecule has 1 aliphatic carbocycles. The topological polar surface area (TPSA) is 20.2 Å². The normalized spacial score (nSPS) is 29.9. The van der Waals surface area contributed by atoms with E-state index in [4.69, 9.17) is 5.11 Å². The molecule has 0 aliphatic heterocycles. The first-order chi connectivity index (χ1) is 8.59. The van der Waals surface area contributed by atoms with E-state index in [0.29, 0.717) is 6.61 Å². The zero-order chi connectivity index (χ0) is 13.5. The van der Waals surface area contributed by atoms with Gasteiger partial charge in [-0.25, -0.2) is 0 Å². The van der Waals surface area contributed by atoms with Crippen LogP contribution in [0.1, 0.15) is 34.1 Å². The fourth-order valence-electron chi connectivity index (χ4n) is 3.23. The van der Waals surface area contributed by atoms with Crippen LogP contribution in [0.5, 0.6) is 0 Å². The molecule has 1 saturated carbocycles. The van der Waals surface area contributed by atoms with Gasteiger partial charge in [-0.3, -0.25) is 0 Å². The van der Waals surface area contributed by atoms with Crippen LogP contribution in [-0.4, -0.2) is 11.7 Å². The first-order valence-electron chi connectivity index (χ1n) is 7.11. The third-order valence-electron chi connectivity index (χ3n) is 4.91. The van der Waals surface area contributed by atoms with Gasteiger partial charge in [0.25, 0.3) is 0 Å². The molecule has 1 nitrogen and oxygen atoms in total. The van der Waals surface area contributed by atoms with Crippen LogP contribution in [0.2, 0.25) is 0 Å². The average molecular weight is 369 g/mol. The second-order valence-electron chi connectivity index (χ2n) is 5.69. The first kappa shape index (κ1) is 26.0. The maximum Gasteiger partial charge on any atom is 3.00 e. The zero-order valence-electron chi connectivity index (χ0n) is 14.6. The Kier molecular flexibility index (Phi) is 17.0. The molecular weight excluding hydrogens is 335 g/mol. The largest absolute Gasteiger partial charge is 3.00 e. The van der Waals surface area contributed by atoms with Crippen molar-refractivity contribution in [3.05, 3.63) is 51.3 Å². The maximum absolute atomic E-state index is 8.93. The van der Waals surface area contributed by atoms with E-state index in [1.54, 1.807) is 0 Å². The molecule has 0 heterocycles. The fourth-order valence-corrected chi connectivity index (χ4v) is 3.23. The summed E-state index contributed by atoms with van der Waals surface area (Å²) in [5.41, 5.74) is 0. The first-order valence-corrected chi connectivity index (χ1v) is 7.11. The smallest absolute Gasteiger partial charge is 0.396 e. The van der Waals surface area contributed by atoms with Crippen molar-refractivity contribution in [3.63, 3.8) is 0 Å². The van der Waals surface area contributed by atoms with Crippen LogP contribution in [-0.2, 0) is 26.2 Å². The van der Waals surface area contributed by atoms with Gasteiger partial charge in [0.15, 0.2) is 0 Å². The molecule has 1 N–H and O–H groups in total. The quantitative estimate of drug-likeness (QED) is 0.734. The molecule has 1 aromatic carbocycles. The maximum atomic E-state index is 8.93. The fraction of sp³-hybridized carbons (Fsp3) is 0.579. The molecular formula is C19H33OZr. The predicted octanol–water partition coefficient (Wildman–Crippen LogP) is 4.93. The van der Waals surface area contributed by atoms with Crippen LogP contribution < -0.4 is 0 Å². The Bertz CT molecular complexity index is 274. The van der Waals surface area contributed by atoms with E-state index in [2.05, 4.69) is 33.8 Å². The predicted molar refractivity (Wildman–Crippen MR) is 90.0 cm³/mol. The Morgan fingerprint density at radius 1 is 0.810 bits per heavy atom. The molecule has 21 heavy (non-hydrogen) atoms. The second kappa shape index (κ2) is 13.7. The van der Waals surface area contributed by atoms with Gasteiger partial charge in [0, 0.05) is 6.61 Å². The molecule has 4 unspecified atom stereocenters. The van der Waals surface area contributed by atoms with Gasteiger partial charge in [0.2, 0.25) is 0 Å². The third kappa shape index (κ3) is 7.75. The number of aliphatic hydroxyl groups excluding tert-OH is 1. The van der Waals surface area contributed by atoms with E-state index in [1.807, 2.05) is 30.3 Å². The minimum absolute atomic E-state index is 0. The molecule has 1 aliphatic rings. The number of hydrogen-bond acceptors (Lipinski definition) is 1. The number of hydrogen-bond donors (Lipinski definition) is 1. The summed E-state index contributed by atoms with van der Waals surface area (Å²) in [6.07, 6.45) is 0.997. The van der Waals surface area contributed by atoms with Crippen LogP contribution in [0.15, 0.2) is 30.3 Å². The summed E-state index contributed by atoms with van der Waals surface area (Å²) in [6.45, 7) is 9.74. The van der Waals surface area contributed by atoms with Crippen molar-refractivity contribution in [2.45, 2.75) is 34.1 Å². The molecule has 0 spiro atoms. The summed E-state index contributed by atoms with van der Waals surface area (Å²) in [5.74, 6) is 4.00. The number of benzene rings is 1. The van der Waals surface area contributed by atoms with Crippen molar-refractivity contribution in [1.82, 2.24) is 0 Å². The SMILES string of the molecule is CC1C(C)C(CCO)[C@@H](C)C1C.[CH3-].[CH3-].[Zr+3].[c-]1ccccc1. The summed E-state index contributed by atoms with van der Waals surface area (Å²) in [5, 5.41) is 8.93. The molecule has 2 heteroatoms. The monoisotopic (exact) mass is 367 g/mol.